The minimum absolute atomic E-state index is 0.692. The smallest absolute Gasteiger partial charge is 0.0889 e. The molecule has 0 saturated heterocycles. The van der Waals surface area contributed by atoms with Crippen molar-refractivity contribution < 1.29 is 4.48 Å². The zero-order chi connectivity index (χ0) is 12.2. The van der Waals surface area contributed by atoms with E-state index in [1.54, 1.807) is 0 Å². The van der Waals surface area contributed by atoms with Crippen LogP contribution in [0.2, 0.25) is 0 Å². The number of nitrogens with zero attached hydrogens (tertiary/aromatic N) is 1. The predicted molar refractivity (Wildman–Crippen MR) is 72.5 cm³/mol. The van der Waals surface area contributed by atoms with E-state index < -0.39 is 0 Å². The SMILES string of the molecule is CCCC1(CCC)CCCC([N+](C)(C)C)C1. The summed E-state index contributed by atoms with van der Waals surface area (Å²) in [6.45, 7) is 4.71. The van der Waals surface area contributed by atoms with E-state index in [1.165, 1.54) is 51.4 Å². The second kappa shape index (κ2) is 5.53. The predicted octanol–water partition coefficient (Wildman–Crippen LogP) is 4.22. The van der Waals surface area contributed by atoms with Crippen molar-refractivity contribution in [1.82, 2.24) is 0 Å². The van der Waals surface area contributed by atoms with Gasteiger partial charge in [0.1, 0.15) is 0 Å². The second-order valence-electron chi connectivity index (χ2n) is 6.87. The van der Waals surface area contributed by atoms with E-state index in [1.807, 2.05) is 0 Å². The summed E-state index contributed by atoms with van der Waals surface area (Å²) in [4.78, 5) is 0. The molecule has 0 amide bonds. The lowest BCUT2D eigenvalue weighted by molar-refractivity contribution is -0.898. The molecular formula is C15H32N+. The van der Waals surface area contributed by atoms with Gasteiger partial charge in [-0.2, -0.15) is 0 Å². The highest BCUT2D eigenvalue weighted by molar-refractivity contribution is 4.86. The first-order chi connectivity index (χ1) is 7.43. The first kappa shape index (κ1) is 14.0. The van der Waals surface area contributed by atoms with Crippen molar-refractivity contribution in [3.8, 4) is 0 Å². The molecule has 1 aliphatic rings. The molecule has 1 rings (SSSR count). The average molecular weight is 226 g/mol. The fourth-order valence-electron chi connectivity index (χ4n) is 3.72. The van der Waals surface area contributed by atoms with Gasteiger partial charge in [-0.15, -0.1) is 0 Å². The Morgan fingerprint density at radius 3 is 2.06 bits per heavy atom. The minimum atomic E-state index is 0.692. The highest BCUT2D eigenvalue weighted by atomic mass is 15.3. The third kappa shape index (κ3) is 3.48. The lowest BCUT2D eigenvalue weighted by Gasteiger charge is -2.46. The lowest BCUT2D eigenvalue weighted by Crippen LogP contribution is -2.49. The van der Waals surface area contributed by atoms with Crippen molar-refractivity contribution in [2.45, 2.75) is 71.3 Å². The van der Waals surface area contributed by atoms with Crippen molar-refractivity contribution >= 4 is 0 Å². The van der Waals surface area contributed by atoms with Crippen LogP contribution < -0.4 is 0 Å². The maximum Gasteiger partial charge on any atom is 0.0889 e. The van der Waals surface area contributed by atoms with Crippen LogP contribution >= 0.6 is 0 Å². The summed E-state index contributed by atoms with van der Waals surface area (Å²) < 4.78 is 1.16. The first-order valence-electron chi connectivity index (χ1n) is 7.24. The van der Waals surface area contributed by atoms with E-state index >= 15 is 0 Å². The largest absolute Gasteiger partial charge is 0.328 e. The van der Waals surface area contributed by atoms with Crippen LogP contribution in [-0.2, 0) is 0 Å². The van der Waals surface area contributed by atoms with Gasteiger partial charge in [0.25, 0.3) is 0 Å². The summed E-state index contributed by atoms with van der Waals surface area (Å²) in [7, 11) is 7.12. The molecular weight excluding hydrogens is 194 g/mol. The zero-order valence-electron chi connectivity index (χ0n) is 12.2. The van der Waals surface area contributed by atoms with Crippen LogP contribution in [0.5, 0.6) is 0 Å². The van der Waals surface area contributed by atoms with E-state index in [2.05, 4.69) is 35.0 Å². The fraction of sp³-hybridized carbons (Fsp3) is 1.00. The monoisotopic (exact) mass is 226 g/mol. The van der Waals surface area contributed by atoms with Gasteiger partial charge >= 0.3 is 0 Å². The standard InChI is InChI=1S/C15H32N/c1-6-10-15(11-7-2)12-8-9-14(13-15)16(3,4)5/h14H,6-13H2,1-5H3/q+1. The third-order valence-electron chi connectivity index (χ3n) is 4.57. The number of quaternary nitrogens is 1. The normalized spacial score (nSPS) is 25.7. The molecule has 0 aliphatic heterocycles. The molecule has 1 heteroatoms. The number of hydrogen-bond donors (Lipinski definition) is 0. The van der Waals surface area contributed by atoms with Crippen LogP contribution in [-0.4, -0.2) is 31.7 Å². The fourth-order valence-corrected chi connectivity index (χ4v) is 3.72. The van der Waals surface area contributed by atoms with Gasteiger partial charge in [-0.1, -0.05) is 26.7 Å². The number of hydrogen-bond acceptors (Lipinski definition) is 0. The van der Waals surface area contributed by atoms with Gasteiger partial charge in [-0.25, -0.2) is 0 Å². The van der Waals surface area contributed by atoms with Crippen LogP contribution in [0, 0.1) is 5.41 Å². The molecule has 1 fully saturated rings. The molecule has 0 radical (unpaired) electrons. The minimum Gasteiger partial charge on any atom is -0.328 e. The average Bonchev–Trinajstić information content (AvgIpc) is 2.17. The first-order valence-corrected chi connectivity index (χ1v) is 7.24. The lowest BCUT2D eigenvalue weighted by atomic mass is 9.66. The molecule has 0 aromatic heterocycles. The summed E-state index contributed by atoms with van der Waals surface area (Å²) in [6.07, 6.45) is 11.5. The molecule has 0 aromatic rings. The molecule has 0 aromatic carbocycles. The van der Waals surface area contributed by atoms with Crippen LogP contribution in [0.25, 0.3) is 0 Å². The van der Waals surface area contributed by atoms with Gasteiger partial charge in [0.2, 0.25) is 0 Å². The maximum absolute atomic E-state index is 2.37. The van der Waals surface area contributed by atoms with Gasteiger partial charge < -0.3 is 4.48 Å². The van der Waals surface area contributed by atoms with Gasteiger partial charge in [0, 0.05) is 6.42 Å². The Kier molecular flexibility index (Phi) is 4.85. The number of rotatable bonds is 5. The van der Waals surface area contributed by atoms with Crippen molar-refractivity contribution in [1.29, 1.82) is 0 Å². The van der Waals surface area contributed by atoms with E-state index in [0.29, 0.717) is 5.41 Å². The highest BCUT2D eigenvalue weighted by Gasteiger charge is 2.39. The van der Waals surface area contributed by atoms with E-state index in [4.69, 9.17) is 0 Å². The van der Waals surface area contributed by atoms with E-state index in [9.17, 15) is 0 Å². The van der Waals surface area contributed by atoms with Gasteiger partial charge in [0.15, 0.2) is 0 Å². The summed E-state index contributed by atoms with van der Waals surface area (Å²) in [5.41, 5.74) is 0.692. The Labute approximate surface area is 103 Å². The second-order valence-corrected chi connectivity index (χ2v) is 6.87. The summed E-state index contributed by atoms with van der Waals surface area (Å²) in [5.74, 6) is 0. The van der Waals surface area contributed by atoms with Gasteiger partial charge in [-0.3, -0.25) is 0 Å². The van der Waals surface area contributed by atoms with Crippen molar-refractivity contribution in [2.75, 3.05) is 21.1 Å². The summed E-state index contributed by atoms with van der Waals surface area (Å²) in [5, 5.41) is 0. The van der Waals surface area contributed by atoms with E-state index in [0.717, 1.165) is 10.5 Å². The summed E-state index contributed by atoms with van der Waals surface area (Å²) >= 11 is 0. The molecule has 0 bridgehead atoms. The van der Waals surface area contributed by atoms with Crippen LogP contribution in [0.3, 0.4) is 0 Å². The van der Waals surface area contributed by atoms with Gasteiger partial charge in [0.05, 0.1) is 27.2 Å². The van der Waals surface area contributed by atoms with Crippen LogP contribution in [0.1, 0.15) is 65.2 Å². The highest BCUT2D eigenvalue weighted by Crippen LogP contribution is 2.45. The molecule has 0 N–H and O–H groups in total. The molecule has 1 unspecified atom stereocenters. The molecule has 0 heterocycles. The van der Waals surface area contributed by atoms with Crippen molar-refractivity contribution in [3.63, 3.8) is 0 Å². The van der Waals surface area contributed by atoms with Crippen molar-refractivity contribution in [3.05, 3.63) is 0 Å². The molecule has 16 heavy (non-hydrogen) atoms. The Bertz CT molecular complexity index is 190. The van der Waals surface area contributed by atoms with Crippen LogP contribution in [0.15, 0.2) is 0 Å². The Balaban J connectivity index is 2.70. The van der Waals surface area contributed by atoms with Crippen molar-refractivity contribution in [2.24, 2.45) is 5.41 Å². The maximum atomic E-state index is 2.37. The van der Waals surface area contributed by atoms with E-state index in [-0.39, 0.29) is 0 Å². The van der Waals surface area contributed by atoms with Crippen LogP contribution in [0.4, 0.5) is 0 Å². The molecule has 1 atom stereocenters. The Morgan fingerprint density at radius 1 is 1.06 bits per heavy atom. The van der Waals surface area contributed by atoms with Gasteiger partial charge in [-0.05, 0) is 37.5 Å². The molecule has 1 nitrogen and oxygen atoms in total. The molecule has 0 spiro atoms. The molecule has 1 aliphatic carbocycles. The zero-order valence-corrected chi connectivity index (χ0v) is 12.2. The Hall–Kier alpha value is -0.0400. The molecule has 1 saturated carbocycles. The third-order valence-corrected chi connectivity index (χ3v) is 4.57. The quantitative estimate of drug-likeness (QED) is 0.616. The molecule has 96 valence electrons. The topological polar surface area (TPSA) is 0 Å². The Morgan fingerprint density at radius 2 is 1.62 bits per heavy atom. The summed E-state index contributed by atoms with van der Waals surface area (Å²) in [6, 6.07) is 0.895.